The first kappa shape index (κ1) is 18.8. The molecule has 0 unspecified atom stereocenters. The lowest BCUT2D eigenvalue weighted by atomic mass is 10.1. The van der Waals surface area contributed by atoms with Crippen molar-refractivity contribution in [3.8, 4) is 11.4 Å². The second-order valence-corrected chi connectivity index (χ2v) is 6.77. The second kappa shape index (κ2) is 9.09. The van der Waals surface area contributed by atoms with E-state index in [0.717, 1.165) is 5.75 Å². The lowest BCUT2D eigenvalue weighted by Gasteiger charge is -2.18. The van der Waals surface area contributed by atoms with E-state index in [9.17, 15) is 9.59 Å². The quantitative estimate of drug-likeness (QED) is 0.652. The van der Waals surface area contributed by atoms with E-state index in [1.54, 1.807) is 54.6 Å². The Balaban J connectivity index is 1.91. The lowest BCUT2D eigenvalue weighted by Crippen LogP contribution is -2.31. The molecule has 0 saturated carbocycles. The van der Waals surface area contributed by atoms with Gasteiger partial charge < -0.3 is 10.3 Å². The van der Waals surface area contributed by atoms with E-state index in [1.807, 2.05) is 12.3 Å². The molecule has 0 aromatic carbocycles. The Morgan fingerprint density at radius 2 is 2.15 bits per heavy atom. The monoisotopic (exact) mass is 381 g/mol. The van der Waals surface area contributed by atoms with Crippen LogP contribution in [-0.2, 0) is 0 Å². The Morgan fingerprint density at radius 3 is 2.85 bits per heavy atom. The average Bonchev–Trinajstić information content (AvgIpc) is 2.71. The van der Waals surface area contributed by atoms with Crippen molar-refractivity contribution in [2.45, 2.75) is 12.5 Å². The summed E-state index contributed by atoms with van der Waals surface area (Å²) in [6, 6.07) is 9.76. The third kappa shape index (κ3) is 5.01. The fourth-order valence-corrected chi connectivity index (χ4v) is 3.02. The average molecular weight is 381 g/mol. The summed E-state index contributed by atoms with van der Waals surface area (Å²) >= 11 is 1.66. The number of nitrogens with zero attached hydrogens (tertiary/aromatic N) is 3. The SMILES string of the molecule is CSCC[C@H](NC(=O)c1ccccn1)c1cc(=O)[nH]c(-c2cccnc2)n1. The molecule has 0 aliphatic rings. The van der Waals surface area contributed by atoms with E-state index in [1.165, 1.54) is 6.07 Å². The number of rotatable bonds is 7. The molecule has 3 aromatic rings. The molecule has 2 N–H and O–H groups in total. The number of aromatic nitrogens is 4. The van der Waals surface area contributed by atoms with Crippen molar-refractivity contribution in [3.05, 3.63) is 76.7 Å². The molecule has 3 heterocycles. The van der Waals surface area contributed by atoms with E-state index < -0.39 is 6.04 Å². The van der Waals surface area contributed by atoms with Gasteiger partial charge in [-0.1, -0.05) is 6.07 Å². The molecular weight excluding hydrogens is 362 g/mol. The van der Waals surface area contributed by atoms with Gasteiger partial charge in [0.15, 0.2) is 0 Å². The van der Waals surface area contributed by atoms with Gasteiger partial charge in [-0.25, -0.2) is 4.98 Å². The Labute approximate surface area is 160 Å². The van der Waals surface area contributed by atoms with E-state index >= 15 is 0 Å². The summed E-state index contributed by atoms with van der Waals surface area (Å²) < 4.78 is 0. The molecular formula is C19H19N5O2S. The number of hydrogen-bond donors (Lipinski definition) is 2. The molecule has 1 amide bonds. The first-order chi connectivity index (χ1) is 13.2. The third-order valence-corrected chi connectivity index (χ3v) is 4.51. The maximum atomic E-state index is 12.5. The smallest absolute Gasteiger partial charge is 0.270 e. The molecule has 27 heavy (non-hydrogen) atoms. The van der Waals surface area contributed by atoms with Gasteiger partial charge in [0.1, 0.15) is 11.5 Å². The summed E-state index contributed by atoms with van der Waals surface area (Å²) in [5.41, 5.74) is 1.26. The minimum absolute atomic E-state index is 0.278. The Hall–Kier alpha value is -3.00. The van der Waals surface area contributed by atoms with Crippen LogP contribution in [0.1, 0.15) is 28.6 Å². The molecule has 1 atom stereocenters. The Bertz CT molecular complexity index is 947. The molecule has 7 nitrogen and oxygen atoms in total. The zero-order chi connectivity index (χ0) is 19.1. The van der Waals surface area contributed by atoms with E-state index in [4.69, 9.17) is 0 Å². The number of hydrogen-bond acceptors (Lipinski definition) is 6. The third-order valence-electron chi connectivity index (χ3n) is 3.87. The number of amides is 1. The highest BCUT2D eigenvalue weighted by atomic mass is 32.2. The first-order valence-corrected chi connectivity index (χ1v) is 9.79. The zero-order valence-electron chi connectivity index (χ0n) is 14.8. The summed E-state index contributed by atoms with van der Waals surface area (Å²) in [4.78, 5) is 40.1. The minimum Gasteiger partial charge on any atom is -0.342 e. The number of thioether (sulfide) groups is 1. The van der Waals surface area contributed by atoms with Gasteiger partial charge in [0.25, 0.3) is 11.5 Å². The number of nitrogens with one attached hydrogen (secondary N) is 2. The van der Waals surface area contributed by atoms with Crippen LogP contribution >= 0.6 is 11.8 Å². The van der Waals surface area contributed by atoms with Crippen molar-refractivity contribution in [2.24, 2.45) is 0 Å². The van der Waals surface area contributed by atoms with E-state index in [0.29, 0.717) is 29.2 Å². The van der Waals surface area contributed by atoms with Crippen molar-refractivity contribution in [2.75, 3.05) is 12.0 Å². The van der Waals surface area contributed by atoms with Crippen LogP contribution in [0.5, 0.6) is 0 Å². The number of aromatic amines is 1. The zero-order valence-corrected chi connectivity index (χ0v) is 15.6. The molecule has 8 heteroatoms. The van der Waals surface area contributed by atoms with Gasteiger partial charge >= 0.3 is 0 Å². The normalized spacial score (nSPS) is 11.7. The lowest BCUT2D eigenvalue weighted by molar-refractivity contribution is 0.0930. The Morgan fingerprint density at radius 1 is 1.26 bits per heavy atom. The molecule has 3 aromatic heterocycles. The van der Waals surface area contributed by atoms with Gasteiger partial charge in [-0.2, -0.15) is 11.8 Å². The summed E-state index contributed by atoms with van der Waals surface area (Å²) in [6.45, 7) is 0. The van der Waals surface area contributed by atoms with Crippen molar-refractivity contribution in [1.29, 1.82) is 0 Å². The van der Waals surface area contributed by atoms with Gasteiger partial charge in [0, 0.05) is 30.2 Å². The molecule has 0 bridgehead atoms. The number of carbonyl (C=O) groups is 1. The fourth-order valence-electron chi connectivity index (χ4n) is 2.55. The summed E-state index contributed by atoms with van der Waals surface area (Å²) in [5.74, 6) is 0.933. The van der Waals surface area contributed by atoms with Crippen LogP contribution in [0.15, 0.2) is 59.8 Å². The molecule has 3 rings (SSSR count). The minimum atomic E-state index is -0.398. The molecule has 0 saturated heterocycles. The van der Waals surface area contributed by atoms with E-state index in [2.05, 4.69) is 25.3 Å². The Kier molecular flexibility index (Phi) is 6.32. The maximum Gasteiger partial charge on any atom is 0.270 e. The second-order valence-electron chi connectivity index (χ2n) is 5.78. The fraction of sp³-hybridized carbons (Fsp3) is 0.211. The van der Waals surface area contributed by atoms with Gasteiger partial charge in [-0.05, 0) is 42.7 Å². The predicted molar refractivity (Wildman–Crippen MR) is 106 cm³/mol. The topological polar surface area (TPSA) is 101 Å². The van der Waals surface area contributed by atoms with Crippen molar-refractivity contribution in [1.82, 2.24) is 25.3 Å². The highest BCUT2D eigenvalue weighted by molar-refractivity contribution is 7.98. The van der Waals surface area contributed by atoms with Crippen LogP contribution in [0.2, 0.25) is 0 Å². The molecule has 0 radical (unpaired) electrons. The highest BCUT2D eigenvalue weighted by Gasteiger charge is 2.19. The van der Waals surface area contributed by atoms with Crippen LogP contribution in [0, 0.1) is 0 Å². The summed E-state index contributed by atoms with van der Waals surface area (Å²) in [5, 5.41) is 2.94. The molecule has 138 valence electrons. The van der Waals surface area contributed by atoms with E-state index in [-0.39, 0.29) is 11.5 Å². The van der Waals surface area contributed by atoms with Crippen LogP contribution < -0.4 is 10.9 Å². The van der Waals surface area contributed by atoms with Gasteiger partial charge in [0.05, 0.1) is 11.7 Å². The van der Waals surface area contributed by atoms with Crippen LogP contribution in [-0.4, -0.2) is 37.9 Å². The highest BCUT2D eigenvalue weighted by Crippen LogP contribution is 2.19. The van der Waals surface area contributed by atoms with Crippen LogP contribution in [0.25, 0.3) is 11.4 Å². The van der Waals surface area contributed by atoms with Gasteiger partial charge in [-0.15, -0.1) is 0 Å². The van der Waals surface area contributed by atoms with Gasteiger partial charge in [0.2, 0.25) is 0 Å². The first-order valence-electron chi connectivity index (χ1n) is 8.40. The number of pyridine rings is 2. The van der Waals surface area contributed by atoms with Crippen molar-refractivity contribution >= 4 is 17.7 Å². The predicted octanol–water partition coefficient (Wildman–Crippen LogP) is 2.45. The summed E-state index contributed by atoms with van der Waals surface area (Å²) in [6.07, 6.45) is 7.48. The summed E-state index contributed by atoms with van der Waals surface area (Å²) in [7, 11) is 0. The van der Waals surface area contributed by atoms with Gasteiger partial charge in [-0.3, -0.25) is 19.6 Å². The van der Waals surface area contributed by atoms with Crippen molar-refractivity contribution < 1.29 is 4.79 Å². The van der Waals surface area contributed by atoms with Crippen LogP contribution in [0.4, 0.5) is 0 Å². The van der Waals surface area contributed by atoms with Crippen LogP contribution in [0.3, 0.4) is 0 Å². The number of H-pyrrole nitrogens is 1. The molecule has 0 spiro atoms. The van der Waals surface area contributed by atoms with Crippen molar-refractivity contribution in [3.63, 3.8) is 0 Å². The molecule has 0 aliphatic heterocycles. The molecule has 0 fully saturated rings. The standard InChI is InChI=1S/C19H19N5O2S/c1-27-10-7-14(23-19(26)15-6-2-3-9-21-15)16-11-17(25)24-18(22-16)13-5-4-8-20-12-13/h2-6,8-9,11-12,14H,7,10H2,1H3,(H,23,26)(H,22,24,25)/t14-/m0/s1. The largest absolute Gasteiger partial charge is 0.342 e. The number of carbonyl (C=O) groups excluding carboxylic acids is 1. The molecule has 0 aliphatic carbocycles. The maximum absolute atomic E-state index is 12.5.